The van der Waals surface area contributed by atoms with Gasteiger partial charge in [-0.05, 0) is 63.1 Å². The van der Waals surface area contributed by atoms with Gasteiger partial charge in [0.25, 0.3) is 5.91 Å². The third kappa shape index (κ3) is 4.65. The molecular formula is C23H27N3O3. The van der Waals surface area contributed by atoms with E-state index in [1.54, 1.807) is 29.2 Å². The van der Waals surface area contributed by atoms with Crippen LogP contribution in [0.4, 0.5) is 11.4 Å². The van der Waals surface area contributed by atoms with Gasteiger partial charge in [0.1, 0.15) is 0 Å². The van der Waals surface area contributed by atoms with E-state index in [9.17, 15) is 14.4 Å². The molecule has 1 fully saturated rings. The highest BCUT2D eigenvalue weighted by atomic mass is 16.2. The van der Waals surface area contributed by atoms with E-state index >= 15 is 0 Å². The van der Waals surface area contributed by atoms with Crippen molar-refractivity contribution in [2.75, 3.05) is 16.8 Å². The molecule has 29 heavy (non-hydrogen) atoms. The van der Waals surface area contributed by atoms with Crippen LogP contribution in [0.2, 0.25) is 0 Å². The van der Waals surface area contributed by atoms with Crippen molar-refractivity contribution in [3.8, 4) is 0 Å². The number of para-hydroxylation sites is 1. The van der Waals surface area contributed by atoms with Crippen molar-refractivity contribution in [1.29, 1.82) is 0 Å². The first-order chi connectivity index (χ1) is 13.8. The summed E-state index contributed by atoms with van der Waals surface area (Å²) >= 11 is 0. The molecule has 1 unspecified atom stereocenters. The lowest BCUT2D eigenvalue weighted by molar-refractivity contribution is -0.122. The molecule has 0 spiro atoms. The number of anilines is 2. The smallest absolute Gasteiger partial charge is 0.253 e. The second-order valence-electron chi connectivity index (χ2n) is 7.84. The number of carbonyl (C=O) groups is 3. The van der Waals surface area contributed by atoms with E-state index in [0.29, 0.717) is 17.8 Å². The van der Waals surface area contributed by atoms with Crippen molar-refractivity contribution >= 4 is 29.1 Å². The van der Waals surface area contributed by atoms with Crippen LogP contribution in [0.5, 0.6) is 0 Å². The Morgan fingerprint density at radius 2 is 1.79 bits per heavy atom. The van der Waals surface area contributed by atoms with E-state index in [-0.39, 0.29) is 30.2 Å². The van der Waals surface area contributed by atoms with Crippen LogP contribution in [0.25, 0.3) is 0 Å². The highest BCUT2D eigenvalue weighted by molar-refractivity contribution is 6.07. The Morgan fingerprint density at radius 1 is 1.07 bits per heavy atom. The monoisotopic (exact) mass is 393 g/mol. The van der Waals surface area contributed by atoms with Gasteiger partial charge in [0, 0.05) is 24.7 Å². The first-order valence-corrected chi connectivity index (χ1v) is 9.84. The number of hydrogen-bond acceptors (Lipinski definition) is 3. The first kappa shape index (κ1) is 20.6. The van der Waals surface area contributed by atoms with Crippen molar-refractivity contribution in [1.82, 2.24) is 5.32 Å². The average molecular weight is 393 g/mol. The molecule has 0 radical (unpaired) electrons. The lowest BCUT2D eigenvalue weighted by Crippen LogP contribution is -2.32. The van der Waals surface area contributed by atoms with Crippen molar-refractivity contribution in [3.05, 3.63) is 59.2 Å². The molecule has 3 amide bonds. The van der Waals surface area contributed by atoms with Crippen LogP contribution in [-0.4, -0.2) is 30.3 Å². The number of aryl methyl sites for hydroxylation is 2. The number of carbonyl (C=O) groups excluding carboxylic acids is 3. The minimum Gasteiger partial charge on any atom is -0.350 e. The summed E-state index contributed by atoms with van der Waals surface area (Å²) in [6.07, 6.45) is 0.152. The molecule has 1 aliphatic heterocycles. The number of amides is 3. The van der Waals surface area contributed by atoms with E-state index in [4.69, 9.17) is 0 Å². The second kappa shape index (κ2) is 8.47. The van der Waals surface area contributed by atoms with Gasteiger partial charge in [-0.25, -0.2) is 0 Å². The molecule has 6 nitrogen and oxygen atoms in total. The molecule has 2 aromatic carbocycles. The molecule has 2 N–H and O–H groups in total. The average Bonchev–Trinajstić information content (AvgIpc) is 3.05. The van der Waals surface area contributed by atoms with E-state index in [0.717, 1.165) is 16.8 Å². The zero-order chi connectivity index (χ0) is 21.1. The summed E-state index contributed by atoms with van der Waals surface area (Å²) in [6.45, 7) is 8.11. The first-order valence-electron chi connectivity index (χ1n) is 9.84. The predicted octanol–water partition coefficient (Wildman–Crippen LogP) is 3.43. The van der Waals surface area contributed by atoms with Crippen molar-refractivity contribution in [2.45, 2.75) is 40.2 Å². The van der Waals surface area contributed by atoms with Crippen LogP contribution >= 0.6 is 0 Å². The number of nitrogens with zero attached hydrogens (tertiary/aromatic N) is 1. The van der Waals surface area contributed by atoms with Crippen LogP contribution in [-0.2, 0) is 9.59 Å². The van der Waals surface area contributed by atoms with Crippen LogP contribution in [0, 0.1) is 19.8 Å². The Bertz CT molecular complexity index is 952. The van der Waals surface area contributed by atoms with E-state index in [1.165, 1.54) is 0 Å². The third-order valence-corrected chi connectivity index (χ3v) is 5.15. The van der Waals surface area contributed by atoms with E-state index < -0.39 is 5.92 Å². The molecule has 2 aromatic rings. The Hall–Kier alpha value is -3.15. The largest absolute Gasteiger partial charge is 0.350 e. The summed E-state index contributed by atoms with van der Waals surface area (Å²) in [7, 11) is 0. The molecule has 3 rings (SSSR count). The van der Waals surface area contributed by atoms with Crippen LogP contribution in [0.15, 0.2) is 42.5 Å². The number of nitrogens with one attached hydrogen (secondary N) is 2. The quantitative estimate of drug-likeness (QED) is 0.817. The van der Waals surface area contributed by atoms with Gasteiger partial charge in [0.2, 0.25) is 11.8 Å². The highest BCUT2D eigenvalue weighted by Gasteiger charge is 2.35. The molecule has 6 heteroatoms. The topological polar surface area (TPSA) is 78.5 Å². The van der Waals surface area contributed by atoms with Crippen molar-refractivity contribution in [2.24, 2.45) is 5.92 Å². The van der Waals surface area contributed by atoms with E-state index in [1.807, 2.05) is 45.9 Å². The summed E-state index contributed by atoms with van der Waals surface area (Å²) < 4.78 is 0. The van der Waals surface area contributed by atoms with Gasteiger partial charge in [0.05, 0.1) is 17.2 Å². The summed E-state index contributed by atoms with van der Waals surface area (Å²) in [5.41, 5.74) is 3.93. The number of benzene rings is 2. The van der Waals surface area contributed by atoms with Gasteiger partial charge in [-0.1, -0.05) is 18.2 Å². The molecule has 0 aliphatic carbocycles. The minimum absolute atomic E-state index is 0.00904. The molecule has 0 bridgehead atoms. The fraction of sp³-hybridized carbons (Fsp3) is 0.348. The highest BCUT2D eigenvalue weighted by Crippen LogP contribution is 2.28. The molecule has 1 saturated heterocycles. The number of rotatable bonds is 5. The Labute approximate surface area is 171 Å². The lowest BCUT2D eigenvalue weighted by Gasteiger charge is -2.18. The molecule has 0 aromatic heterocycles. The zero-order valence-electron chi connectivity index (χ0n) is 17.3. The molecular weight excluding hydrogens is 366 g/mol. The van der Waals surface area contributed by atoms with Crippen LogP contribution in [0.3, 0.4) is 0 Å². The molecule has 1 aliphatic rings. The van der Waals surface area contributed by atoms with Crippen LogP contribution < -0.4 is 15.5 Å². The Balaban J connectivity index is 1.73. The third-order valence-electron chi connectivity index (χ3n) is 5.15. The maximum absolute atomic E-state index is 12.8. The second-order valence-corrected chi connectivity index (χ2v) is 7.84. The minimum atomic E-state index is -0.467. The fourth-order valence-electron chi connectivity index (χ4n) is 3.39. The molecule has 0 saturated carbocycles. The van der Waals surface area contributed by atoms with Gasteiger partial charge < -0.3 is 15.5 Å². The Morgan fingerprint density at radius 3 is 2.48 bits per heavy atom. The molecule has 1 heterocycles. The summed E-state index contributed by atoms with van der Waals surface area (Å²) in [4.78, 5) is 39.4. The maximum Gasteiger partial charge on any atom is 0.253 e. The summed E-state index contributed by atoms with van der Waals surface area (Å²) in [5.74, 6) is -1.03. The van der Waals surface area contributed by atoms with Gasteiger partial charge in [0.15, 0.2) is 0 Å². The summed E-state index contributed by atoms with van der Waals surface area (Å²) in [6, 6.07) is 12.7. The standard InChI is InChI=1S/C23H27N3O3/c1-14(2)24-23(29)19-7-5-6-8-20(19)25-22(28)17-12-21(27)26(13-17)18-10-9-15(3)16(4)11-18/h5-11,14,17H,12-13H2,1-4H3,(H,24,29)(H,25,28). The predicted molar refractivity (Wildman–Crippen MR) is 114 cm³/mol. The maximum atomic E-state index is 12.8. The zero-order valence-corrected chi connectivity index (χ0v) is 17.3. The SMILES string of the molecule is Cc1ccc(N2CC(C(=O)Nc3ccccc3C(=O)NC(C)C)CC2=O)cc1C. The molecule has 1 atom stereocenters. The van der Waals surface area contributed by atoms with Gasteiger partial charge in [-0.15, -0.1) is 0 Å². The molecule has 152 valence electrons. The fourth-order valence-corrected chi connectivity index (χ4v) is 3.39. The lowest BCUT2D eigenvalue weighted by atomic mass is 10.1. The van der Waals surface area contributed by atoms with Crippen LogP contribution in [0.1, 0.15) is 41.8 Å². The van der Waals surface area contributed by atoms with Crippen molar-refractivity contribution in [3.63, 3.8) is 0 Å². The van der Waals surface area contributed by atoms with Gasteiger partial charge >= 0.3 is 0 Å². The van der Waals surface area contributed by atoms with Crippen molar-refractivity contribution < 1.29 is 14.4 Å². The normalized spacial score (nSPS) is 16.2. The Kier molecular flexibility index (Phi) is 6.01. The summed E-state index contributed by atoms with van der Waals surface area (Å²) in [5, 5.41) is 5.68. The number of hydrogen-bond donors (Lipinski definition) is 2. The van der Waals surface area contributed by atoms with Gasteiger partial charge in [-0.3, -0.25) is 14.4 Å². The van der Waals surface area contributed by atoms with E-state index in [2.05, 4.69) is 10.6 Å². The van der Waals surface area contributed by atoms with Gasteiger partial charge in [-0.2, -0.15) is 0 Å².